The molecule has 0 bridgehead atoms. The van der Waals surface area contributed by atoms with E-state index in [2.05, 4.69) is 53.9 Å². The van der Waals surface area contributed by atoms with E-state index in [-0.39, 0.29) is 0 Å². The quantitative estimate of drug-likeness (QED) is 0.670. The van der Waals surface area contributed by atoms with E-state index in [1.165, 1.54) is 24.1 Å². The molecule has 0 atom stereocenters. The van der Waals surface area contributed by atoms with E-state index >= 15 is 0 Å². The monoisotopic (exact) mass is 297 g/mol. The first-order valence-electron chi connectivity index (χ1n) is 8.21. The number of hydrogen-bond acceptors (Lipinski definition) is 3. The average molecular weight is 297 g/mol. The van der Waals surface area contributed by atoms with Crippen LogP contribution < -0.4 is 15.8 Å². The van der Waals surface area contributed by atoms with Crippen molar-refractivity contribution in [2.45, 2.75) is 33.2 Å². The molecule has 0 aliphatic rings. The lowest BCUT2D eigenvalue weighted by molar-refractivity contribution is 0.744. The number of hydrogen-bond donors (Lipinski definition) is 2. The van der Waals surface area contributed by atoms with Crippen LogP contribution in [0, 0.1) is 0 Å². The van der Waals surface area contributed by atoms with Gasteiger partial charge in [-0.3, -0.25) is 0 Å². The zero-order valence-electron chi connectivity index (χ0n) is 13.7. The van der Waals surface area contributed by atoms with Gasteiger partial charge in [0.1, 0.15) is 0 Å². The predicted molar refractivity (Wildman–Crippen MR) is 96.1 cm³/mol. The summed E-state index contributed by atoms with van der Waals surface area (Å²) in [5.74, 6) is 0. The third kappa shape index (κ3) is 5.08. The second-order valence-corrected chi connectivity index (χ2v) is 5.50. The first-order valence-corrected chi connectivity index (χ1v) is 8.21. The highest BCUT2D eigenvalue weighted by molar-refractivity contribution is 5.47. The van der Waals surface area contributed by atoms with Crippen molar-refractivity contribution in [3.8, 4) is 0 Å². The standard InChI is InChI=1S/C19H27N3/c1-3-14-22(15-4-2)19-12-10-17(11-13-19)16-20-21-18-8-6-5-7-9-18/h5-13,20-21H,3-4,14-16H2,1-2H3. The fourth-order valence-corrected chi connectivity index (χ4v) is 2.50. The van der Waals surface area contributed by atoms with Crippen molar-refractivity contribution < 1.29 is 0 Å². The third-order valence-electron chi connectivity index (χ3n) is 3.59. The lowest BCUT2D eigenvalue weighted by Gasteiger charge is -2.24. The molecule has 0 saturated carbocycles. The number of rotatable bonds is 9. The van der Waals surface area contributed by atoms with Crippen LogP contribution in [-0.2, 0) is 6.54 Å². The number of benzene rings is 2. The van der Waals surface area contributed by atoms with Crippen molar-refractivity contribution in [3.05, 3.63) is 60.2 Å². The van der Waals surface area contributed by atoms with Crippen LogP contribution in [0.5, 0.6) is 0 Å². The third-order valence-corrected chi connectivity index (χ3v) is 3.59. The van der Waals surface area contributed by atoms with Crippen LogP contribution in [0.15, 0.2) is 54.6 Å². The van der Waals surface area contributed by atoms with Gasteiger partial charge in [0.05, 0.1) is 0 Å². The van der Waals surface area contributed by atoms with Crippen LogP contribution in [0.2, 0.25) is 0 Å². The van der Waals surface area contributed by atoms with E-state index in [1.807, 2.05) is 30.3 Å². The van der Waals surface area contributed by atoms with Gasteiger partial charge in [0.2, 0.25) is 0 Å². The second-order valence-electron chi connectivity index (χ2n) is 5.50. The van der Waals surface area contributed by atoms with Crippen LogP contribution in [0.25, 0.3) is 0 Å². The average Bonchev–Trinajstić information content (AvgIpc) is 2.56. The van der Waals surface area contributed by atoms with Crippen LogP contribution in [0.4, 0.5) is 11.4 Å². The van der Waals surface area contributed by atoms with Crippen molar-refractivity contribution in [1.82, 2.24) is 5.43 Å². The summed E-state index contributed by atoms with van der Waals surface area (Å²) in [6.45, 7) is 7.52. The molecule has 3 nitrogen and oxygen atoms in total. The molecule has 0 saturated heterocycles. The minimum atomic E-state index is 0.802. The largest absolute Gasteiger partial charge is 0.372 e. The van der Waals surface area contributed by atoms with Crippen molar-refractivity contribution in [2.75, 3.05) is 23.4 Å². The van der Waals surface area contributed by atoms with Gasteiger partial charge in [-0.2, -0.15) is 0 Å². The van der Waals surface area contributed by atoms with E-state index in [9.17, 15) is 0 Å². The molecule has 0 aliphatic carbocycles. The lowest BCUT2D eigenvalue weighted by atomic mass is 10.2. The Morgan fingerprint density at radius 3 is 2.05 bits per heavy atom. The molecule has 2 aromatic rings. The number of hydrazine groups is 1. The normalized spacial score (nSPS) is 10.5. The summed E-state index contributed by atoms with van der Waals surface area (Å²) in [5.41, 5.74) is 10.1. The Morgan fingerprint density at radius 2 is 1.45 bits per heavy atom. The molecule has 0 heterocycles. The molecule has 0 fully saturated rings. The summed E-state index contributed by atoms with van der Waals surface area (Å²) in [6, 6.07) is 19.0. The highest BCUT2D eigenvalue weighted by Crippen LogP contribution is 2.16. The van der Waals surface area contributed by atoms with E-state index < -0.39 is 0 Å². The molecule has 0 aromatic heterocycles. The molecule has 2 N–H and O–H groups in total. The van der Waals surface area contributed by atoms with Gasteiger partial charge >= 0.3 is 0 Å². The van der Waals surface area contributed by atoms with Crippen LogP contribution in [-0.4, -0.2) is 13.1 Å². The van der Waals surface area contributed by atoms with Crippen molar-refractivity contribution in [2.24, 2.45) is 0 Å². The predicted octanol–water partition coefficient (Wildman–Crippen LogP) is 4.43. The van der Waals surface area contributed by atoms with Gasteiger partial charge in [-0.1, -0.05) is 44.2 Å². The molecular formula is C19H27N3. The fourth-order valence-electron chi connectivity index (χ4n) is 2.50. The lowest BCUT2D eigenvalue weighted by Crippen LogP contribution is -2.25. The summed E-state index contributed by atoms with van der Waals surface area (Å²) in [6.07, 6.45) is 2.37. The Hall–Kier alpha value is -2.00. The highest BCUT2D eigenvalue weighted by atomic mass is 15.3. The smallest absolute Gasteiger partial charge is 0.0487 e. The molecule has 118 valence electrons. The van der Waals surface area contributed by atoms with Crippen molar-refractivity contribution >= 4 is 11.4 Å². The molecular weight excluding hydrogens is 270 g/mol. The molecule has 0 unspecified atom stereocenters. The number of anilines is 2. The number of nitrogens with zero attached hydrogens (tertiary/aromatic N) is 1. The zero-order valence-corrected chi connectivity index (χ0v) is 13.7. The molecule has 0 radical (unpaired) electrons. The highest BCUT2D eigenvalue weighted by Gasteiger charge is 2.04. The first-order chi connectivity index (χ1) is 10.8. The first kappa shape index (κ1) is 16.4. The maximum Gasteiger partial charge on any atom is 0.0487 e. The molecule has 0 amide bonds. The van der Waals surface area contributed by atoms with Gasteiger partial charge in [-0.05, 0) is 42.7 Å². The van der Waals surface area contributed by atoms with Gasteiger partial charge in [0.15, 0.2) is 0 Å². The zero-order chi connectivity index (χ0) is 15.6. The van der Waals surface area contributed by atoms with E-state index in [4.69, 9.17) is 0 Å². The Bertz CT molecular complexity index is 516. The maximum atomic E-state index is 3.25. The van der Waals surface area contributed by atoms with Crippen molar-refractivity contribution in [3.63, 3.8) is 0 Å². The van der Waals surface area contributed by atoms with E-state index in [0.717, 1.165) is 25.3 Å². The number of para-hydroxylation sites is 1. The van der Waals surface area contributed by atoms with E-state index in [1.54, 1.807) is 0 Å². The van der Waals surface area contributed by atoms with Crippen LogP contribution in [0.1, 0.15) is 32.3 Å². The topological polar surface area (TPSA) is 27.3 Å². The molecule has 0 spiro atoms. The molecule has 3 heteroatoms. The van der Waals surface area contributed by atoms with E-state index in [0.29, 0.717) is 0 Å². The minimum absolute atomic E-state index is 0.802. The Balaban J connectivity index is 1.85. The number of nitrogens with one attached hydrogen (secondary N) is 2. The van der Waals surface area contributed by atoms with Crippen LogP contribution >= 0.6 is 0 Å². The van der Waals surface area contributed by atoms with Gasteiger partial charge in [0, 0.05) is 31.0 Å². The summed E-state index contributed by atoms with van der Waals surface area (Å²) < 4.78 is 0. The van der Waals surface area contributed by atoms with Gasteiger partial charge in [-0.15, -0.1) is 0 Å². The summed E-state index contributed by atoms with van der Waals surface area (Å²) in [5, 5.41) is 0. The molecule has 2 rings (SSSR count). The SMILES string of the molecule is CCCN(CCC)c1ccc(CNNc2ccccc2)cc1. The van der Waals surface area contributed by atoms with Gasteiger partial charge < -0.3 is 10.3 Å². The maximum absolute atomic E-state index is 3.25. The molecule has 0 aliphatic heterocycles. The van der Waals surface area contributed by atoms with Gasteiger partial charge in [0.25, 0.3) is 0 Å². The summed E-state index contributed by atoms with van der Waals surface area (Å²) >= 11 is 0. The fraction of sp³-hybridized carbons (Fsp3) is 0.368. The van der Waals surface area contributed by atoms with Crippen LogP contribution in [0.3, 0.4) is 0 Å². The Kier molecular flexibility index (Phi) is 6.78. The summed E-state index contributed by atoms with van der Waals surface area (Å²) in [7, 11) is 0. The Labute approximate surface area is 134 Å². The summed E-state index contributed by atoms with van der Waals surface area (Å²) in [4.78, 5) is 2.46. The Morgan fingerprint density at radius 1 is 0.818 bits per heavy atom. The van der Waals surface area contributed by atoms with Gasteiger partial charge in [-0.25, -0.2) is 5.43 Å². The molecule has 22 heavy (non-hydrogen) atoms. The molecule has 2 aromatic carbocycles. The minimum Gasteiger partial charge on any atom is -0.372 e. The second kappa shape index (κ2) is 9.11. The van der Waals surface area contributed by atoms with Crippen molar-refractivity contribution in [1.29, 1.82) is 0 Å².